The Morgan fingerprint density at radius 3 is 2.33 bits per heavy atom. The molecule has 1 N–H and O–H groups in total. The van der Waals surface area contributed by atoms with E-state index >= 15 is 0 Å². The van der Waals surface area contributed by atoms with Gasteiger partial charge in [-0.15, -0.1) is 0 Å². The van der Waals surface area contributed by atoms with Crippen LogP contribution in [0.3, 0.4) is 0 Å². The maximum absolute atomic E-state index is 12.9. The standard InChI is InChI=1S/C29H31N5O5/c1-36-16-17-38-27-18-24-25(19-26(27)37-2)30-20-31-28(24)33-12-14-34(15-13-33)29(35)32-21-8-10-23(11-9-21)39-22-6-4-3-5-7-22/h3-11,18-20H,12-17H2,1-2H3,(H,32,35). The summed E-state index contributed by atoms with van der Waals surface area (Å²) in [5.41, 5.74) is 1.47. The molecule has 0 unspecified atom stereocenters. The molecular weight excluding hydrogens is 498 g/mol. The fourth-order valence-electron chi connectivity index (χ4n) is 4.36. The first kappa shape index (κ1) is 26.1. The van der Waals surface area contributed by atoms with E-state index in [1.165, 1.54) is 0 Å². The van der Waals surface area contributed by atoms with E-state index in [-0.39, 0.29) is 6.03 Å². The largest absolute Gasteiger partial charge is 0.493 e. The third kappa shape index (κ3) is 6.29. The monoisotopic (exact) mass is 529 g/mol. The van der Waals surface area contributed by atoms with Gasteiger partial charge in [-0.2, -0.15) is 0 Å². The minimum absolute atomic E-state index is 0.141. The van der Waals surface area contributed by atoms with Gasteiger partial charge in [0.05, 0.1) is 19.2 Å². The third-order valence-corrected chi connectivity index (χ3v) is 6.40. The number of piperazine rings is 1. The molecule has 3 aromatic carbocycles. The highest BCUT2D eigenvalue weighted by molar-refractivity contribution is 5.92. The molecule has 1 fully saturated rings. The predicted octanol–water partition coefficient (Wildman–Crippen LogP) is 4.81. The second-order valence-electron chi connectivity index (χ2n) is 8.90. The molecule has 5 rings (SSSR count). The molecule has 2 heterocycles. The van der Waals surface area contributed by atoms with Crippen LogP contribution >= 0.6 is 0 Å². The van der Waals surface area contributed by atoms with Gasteiger partial charge >= 0.3 is 6.03 Å². The number of ether oxygens (including phenoxy) is 4. The molecule has 0 saturated carbocycles. The van der Waals surface area contributed by atoms with Crippen LogP contribution in [0.25, 0.3) is 10.9 Å². The van der Waals surface area contributed by atoms with Gasteiger partial charge in [-0.1, -0.05) is 18.2 Å². The summed E-state index contributed by atoms with van der Waals surface area (Å²) in [7, 11) is 3.23. The molecule has 10 heteroatoms. The van der Waals surface area contributed by atoms with Gasteiger partial charge in [0, 0.05) is 50.4 Å². The van der Waals surface area contributed by atoms with Gasteiger partial charge < -0.3 is 34.1 Å². The lowest BCUT2D eigenvalue weighted by Crippen LogP contribution is -2.50. The smallest absolute Gasteiger partial charge is 0.321 e. The van der Waals surface area contributed by atoms with Crippen LogP contribution in [0.2, 0.25) is 0 Å². The summed E-state index contributed by atoms with van der Waals surface area (Å²) in [5.74, 6) is 3.47. The maximum atomic E-state index is 12.9. The zero-order valence-corrected chi connectivity index (χ0v) is 22.0. The van der Waals surface area contributed by atoms with Crippen LogP contribution in [0.15, 0.2) is 73.1 Å². The van der Waals surface area contributed by atoms with Crippen molar-refractivity contribution in [1.82, 2.24) is 14.9 Å². The maximum Gasteiger partial charge on any atom is 0.321 e. The van der Waals surface area contributed by atoms with E-state index in [1.807, 2.05) is 66.7 Å². The Kier molecular flexibility index (Phi) is 8.23. The van der Waals surface area contributed by atoms with E-state index < -0.39 is 0 Å². The predicted molar refractivity (Wildman–Crippen MR) is 149 cm³/mol. The number of rotatable bonds is 9. The van der Waals surface area contributed by atoms with E-state index in [2.05, 4.69) is 20.2 Å². The van der Waals surface area contributed by atoms with Gasteiger partial charge in [-0.05, 0) is 42.5 Å². The number of urea groups is 1. The van der Waals surface area contributed by atoms with Gasteiger partial charge in [0.25, 0.3) is 0 Å². The Balaban J connectivity index is 1.21. The lowest BCUT2D eigenvalue weighted by molar-refractivity contribution is 0.144. The summed E-state index contributed by atoms with van der Waals surface area (Å²) in [6.07, 6.45) is 1.55. The molecular formula is C29H31N5O5. The van der Waals surface area contributed by atoms with Crippen molar-refractivity contribution >= 4 is 28.4 Å². The second-order valence-corrected chi connectivity index (χ2v) is 8.90. The molecule has 1 aromatic heterocycles. The van der Waals surface area contributed by atoms with Crippen molar-refractivity contribution in [1.29, 1.82) is 0 Å². The van der Waals surface area contributed by atoms with Crippen molar-refractivity contribution in [2.24, 2.45) is 0 Å². The minimum atomic E-state index is -0.141. The van der Waals surface area contributed by atoms with E-state index in [9.17, 15) is 4.79 Å². The van der Waals surface area contributed by atoms with Crippen molar-refractivity contribution < 1.29 is 23.7 Å². The zero-order valence-electron chi connectivity index (χ0n) is 22.0. The molecule has 0 bridgehead atoms. The summed E-state index contributed by atoms with van der Waals surface area (Å²) in [4.78, 5) is 25.9. The number of nitrogens with one attached hydrogen (secondary N) is 1. The number of nitrogens with zero attached hydrogens (tertiary/aromatic N) is 4. The van der Waals surface area contributed by atoms with Gasteiger partial charge in [-0.3, -0.25) is 0 Å². The molecule has 4 aromatic rings. The summed E-state index contributed by atoms with van der Waals surface area (Å²) >= 11 is 0. The molecule has 2 amide bonds. The lowest BCUT2D eigenvalue weighted by Gasteiger charge is -2.35. The van der Waals surface area contributed by atoms with E-state index in [1.54, 1.807) is 25.4 Å². The summed E-state index contributed by atoms with van der Waals surface area (Å²) < 4.78 is 22.3. The number of aromatic nitrogens is 2. The SMILES string of the molecule is COCCOc1cc2c(N3CCN(C(=O)Nc4ccc(Oc5ccccc5)cc4)CC3)ncnc2cc1OC. The molecule has 1 aliphatic rings. The molecule has 0 atom stereocenters. The summed E-state index contributed by atoms with van der Waals surface area (Å²) in [5, 5.41) is 3.84. The first-order valence-electron chi connectivity index (χ1n) is 12.7. The number of hydrogen-bond donors (Lipinski definition) is 1. The van der Waals surface area contributed by atoms with Crippen molar-refractivity contribution in [3.8, 4) is 23.0 Å². The fourth-order valence-corrected chi connectivity index (χ4v) is 4.36. The molecule has 0 spiro atoms. The molecule has 39 heavy (non-hydrogen) atoms. The van der Waals surface area contributed by atoms with Crippen molar-refractivity contribution in [2.75, 3.05) is 63.8 Å². The number of anilines is 2. The highest BCUT2D eigenvalue weighted by Crippen LogP contribution is 2.35. The average molecular weight is 530 g/mol. The van der Waals surface area contributed by atoms with Gasteiger partial charge in [-0.25, -0.2) is 14.8 Å². The highest BCUT2D eigenvalue weighted by Gasteiger charge is 2.24. The Morgan fingerprint density at radius 2 is 1.62 bits per heavy atom. The minimum Gasteiger partial charge on any atom is -0.493 e. The molecule has 0 radical (unpaired) electrons. The first-order valence-corrected chi connectivity index (χ1v) is 12.7. The summed E-state index contributed by atoms with van der Waals surface area (Å²) in [6.45, 7) is 3.25. The van der Waals surface area contributed by atoms with E-state index in [0.717, 1.165) is 22.5 Å². The number of carbonyl (C=O) groups excluding carboxylic acids is 1. The summed E-state index contributed by atoms with van der Waals surface area (Å²) in [6, 6.07) is 20.5. The van der Waals surface area contributed by atoms with Gasteiger partial charge in [0.1, 0.15) is 30.3 Å². The first-order chi connectivity index (χ1) is 19.1. The van der Waals surface area contributed by atoms with E-state index in [0.29, 0.717) is 62.3 Å². The molecule has 1 aliphatic heterocycles. The Labute approximate surface area is 227 Å². The lowest BCUT2D eigenvalue weighted by atomic mass is 10.2. The van der Waals surface area contributed by atoms with Gasteiger partial charge in [0.2, 0.25) is 0 Å². The van der Waals surface area contributed by atoms with Crippen molar-refractivity contribution in [3.63, 3.8) is 0 Å². The quantitative estimate of drug-likeness (QED) is 0.309. The number of para-hydroxylation sites is 1. The number of carbonyl (C=O) groups is 1. The zero-order chi connectivity index (χ0) is 27.0. The molecule has 0 aliphatic carbocycles. The fraction of sp³-hybridized carbons (Fsp3) is 0.276. The van der Waals surface area contributed by atoms with Crippen molar-refractivity contribution in [2.45, 2.75) is 0 Å². The van der Waals surface area contributed by atoms with Crippen LogP contribution in [-0.4, -0.2) is 74.5 Å². The van der Waals surface area contributed by atoms with Crippen LogP contribution < -0.4 is 24.4 Å². The van der Waals surface area contributed by atoms with Crippen LogP contribution in [0, 0.1) is 0 Å². The molecule has 1 saturated heterocycles. The molecule has 202 valence electrons. The number of benzene rings is 3. The van der Waals surface area contributed by atoms with Crippen LogP contribution in [0.4, 0.5) is 16.3 Å². The Bertz CT molecular complexity index is 1390. The van der Waals surface area contributed by atoms with Crippen molar-refractivity contribution in [3.05, 3.63) is 73.1 Å². The number of methoxy groups -OCH3 is 2. The number of amides is 2. The second kappa shape index (κ2) is 12.3. The Hall–Kier alpha value is -4.57. The normalized spacial score (nSPS) is 13.3. The average Bonchev–Trinajstić information content (AvgIpc) is 2.98. The van der Waals surface area contributed by atoms with Crippen LogP contribution in [0.5, 0.6) is 23.0 Å². The molecule has 10 nitrogen and oxygen atoms in total. The third-order valence-electron chi connectivity index (χ3n) is 6.40. The van der Waals surface area contributed by atoms with Crippen LogP contribution in [0.1, 0.15) is 0 Å². The number of fused-ring (bicyclic) bond motifs is 1. The number of hydrogen-bond acceptors (Lipinski definition) is 8. The van der Waals surface area contributed by atoms with E-state index in [4.69, 9.17) is 18.9 Å². The highest BCUT2D eigenvalue weighted by atomic mass is 16.5. The topological polar surface area (TPSA) is 98.3 Å². The van der Waals surface area contributed by atoms with Crippen LogP contribution in [-0.2, 0) is 4.74 Å². The Morgan fingerprint density at radius 1 is 0.872 bits per heavy atom. The van der Waals surface area contributed by atoms with Gasteiger partial charge in [0.15, 0.2) is 11.5 Å².